The van der Waals surface area contributed by atoms with Crippen molar-refractivity contribution >= 4 is 11.8 Å². The van der Waals surface area contributed by atoms with Gasteiger partial charge < -0.3 is 9.64 Å². The molecular formula is C16H22N2O2. The lowest BCUT2D eigenvalue weighted by Crippen LogP contribution is -2.21. The van der Waals surface area contributed by atoms with Crippen LogP contribution in [0.5, 0.6) is 0 Å². The highest BCUT2D eigenvalue weighted by Crippen LogP contribution is 2.37. The highest BCUT2D eigenvalue weighted by molar-refractivity contribution is 5.90. The number of aryl methyl sites for hydroxylation is 1. The molecule has 1 saturated heterocycles. The molecule has 0 N–H and O–H groups in total. The van der Waals surface area contributed by atoms with Crippen molar-refractivity contribution in [3.05, 3.63) is 23.4 Å². The van der Waals surface area contributed by atoms with Gasteiger partial charge in [0.2, 0.25) is 0 Å². The quantitative estimate of drug-likeness (QED) is 0.778. The Hall–Kier alpha value is -1.58. The molecule has 2 heterocycles. The molecule has 2 aliphatic rings. The molecule has 20 heavy (non-hydrogen) atoms. The minimum Gasteiger partial charge on any atom is -0.465 e. The van der Waals surface area contributed by atoms with Crippen molar-refractivity contribution in [2.75, 3.05) is 25.1 Å². The van der Waals surface area contributed by atoms with Gasteiger partial charge in [0.05, 0.1) is 18.4 Å². The van der Waals surface area contributed by atoms with Gasteiger partial charge in [-0.3, -0.25) is 0 Å². The minimum absolute atomic E-state index is 0.309. The van der Waals surface area contributed by atoms with Gasteiger partial charge in [0.1, 0.15) is 5.82 Å². The van der Waals surface area contributed by atoms with Gasteiger partial charge in [0.15, 0.2) is 0 Å². The first-order valence-corrected chi connectivity index (χ1v) is 7.50. The zero-order valence-corrected chi connectivity index (χ0v) is 12.3. The minimum atomic E-state index is -0.309. The summed E-state index contributed by atoms with van der Waals surface area (Å²) in [6.45, 7) is 4.11. The second-order valence-electron chi connectivity index (χ2n) is 6.00. The summed E-state index contributed by atoms with van der Waals surface area (Å²) in [6, 6.07) is 3.79. The van der Waals surface area contributed by atoms with Gasteiger partial charge >= 0.3 is 5.97 Å². The van der Waals surface area contributed by atoms with Crippen molar-refractivity contribution in [1.82, 2.24) is 4.98 Å². The number of ether oxygens (including phenoxy) is 1. The van der Waals surface area contributed by atoms with E-state index in [-0.39, 0.29) is 5.97 Å². The summed E-state index contributed by atoms with van der Waals surface area (Å²) in [5.74, 6) is 2.37. The maximum absolute atomic E-state index is 11.6. The normalized spacial score (nSPS) is 25.4. The first-order chi connectivity index (χ1) is 9.69. The molecule has 1 aromatic rings. The Kier molecular flexibility index (Phi) is 3.64. The van der Waals surface area contributed by atoms with E-state index in [1.165, 1.54) is 32.8 Å². The third-order valence-electron chi connectivity index (χ3n) is 4.78. The second kappa shape index (κ2) is 5.43. The van der Waals surface area contributed by atoms with Crippen molar-refractivity contribution in [1.29, 1.82) is 0 Å². The van der Waals surface area contributed by atoms with Crippen molar-refractivity contribution in [3.8, 4) is 0 Å². The number of methoxy groups -OCH3 is 1. The average Bonchev–Trinajstić information content (AvgIpc) is 2.90. The first kappa shape index (κ1) is 13.4. The molecule has 1 aliphatic heterocycles. The summed E-state index contributed by atoms with van der Waals surface area (Å²) in [4.78, 5) is 18.6. The van der Waals surface area contributed by atoms with Crippen LogP contribution in [0.25, 0.3) is 0 Å². The fraction of sp³-hybridized carbons (Fsp3) is 0.625. The molecule has 2 unspecified atom stereocenters. The third kappa shape index (κ3) is 2.39. The summed E-state index contributed by atoms with van der Waals surface area (Å²) in [7, 11) is 1.40. The van der Waals surface area contributed by atoms with Crippen molar-refractivity contribution in [3.63, 3.8) is 0 Å². The lowest BCUT2D eigenvalue weighted by Gasteiger charge is -2.22. The molecule has 0 amide bonds. The van der Waals surface area contributed by atoms with Gasteiger partial charge in [0.25, 0.3) is 0 Å². The molecule has 4 heteroatoms. The van der Waals surface area contributed by atoms with Gasteiger partial charge in [-0.1, -0.05) is 12.8 Å². The van der Waals surface area contributed by atoms with E-state index in [1.807, 2.05) is 19.1 Å². The summed E-state index contributed by atoms with van der Waals surface area (Å²) in [5, 5.41) is 0. The number of aromatic nitrogens is 1. The number of pyridine rings is 1. The van der Waals surface area contributed by atoms with E-state index in [4.69, 9.17) is 4.74 Å². The molecule has 1 aromatic heterocycles. The van der Waals surface area contributed by atoms with Crippen LogP contribution < -0.4 is 4.90 Å². The van der Waals surface area contributed by atoms with Crippen LogP contribution >= 0.6 is 0 Å². The Balaban J connectivity index is 1.78. The predicted molar refractivity (Wildman–Crippen MR) is 78.0 cm³/mol. The maximum atomic E-state index is 11.6. The lowest BCUT2D eigenvalue weighted by molar-refractivity contribution is 0.0599. The van der Waals surface area contributed by atoms with E-state index < -0.39 is 0 Å². The van der Waals surface area contributed by atoms with E-state index in [9.17, 15) is 4.79 Å². The van der Waals surface area contributed by atoms with Gasteiger partial charge in [-0.2, -0.15) is 0 Å². The molecule has 0 bridgehead atoms. The van der Waals surface area contributed by atoms with Crippen LogP contribution in [0.1, 0.15) is 41.7 Å². The highest BCUT2D eigenvalue weighted by atomic mass is 16.5. The van der Waals surface area contributed by atoms with Crippen LogP contribution in [0.15, 0.2) is 12.1 Å². The topological polar surface area (TPSA) is 42.4 Å². The molecule has 0 radical (unpaired) electrons. The maximum Gasteiger partial charge on any atom is 0.339 e. The van der Waals surface area contributed by atoms with E-state index in [0.29, 0.717) is 5.56 Å². The first-order valence-electron chi connectivity index (χ1n) is 7.50. The molecule has 2 atom stereocenters. The number of carbonyl (C=O) groups is 1. The average molecular weight is 274 g/mol. The van der Waals surface area contributed by atoms with Crippen LogP contribution in [0, 0.1) is 18.8 Å². The number of carbonyl (C=O) groups excluding carboxylic acids is 1. The highest BCUT2D eigenvalue weighted by Gasteiger charge is 2.34. The van der Waals surface area contributed by atoms with Crippen LogP contribution in [-0.2, 0) is 4.74 Å². The Morgan fingerprint density at radius 2 is 1.90 bits per heavy atom. The number of anilines is 1. The monoisotopic (exact) mass is 274 g/mol. The number of esters is 1. The van der Waals surface area contributed by atoms with E-state index in [0.717, 1.165) is 36.4 Å². The number of hydrogen-bond donors (Lipinski definition) is 0. The van der Waals surface area contributed by atoms with E-state index in [1.54, 1.807) is 0 Å². The summed E-state index contributed by atoms with van der Waals surface area (Å²) < 4.78 is 4.77. The fourth-order valence-electron chi connectivity index (χ4n) is 3.64. The summed E-state index contributed by atoms with van der Waals surface area (Å²) in [5.41, 5.74) is 1.32. The standard InChI is InChI=1S/C16H22N2O2/c1-11-14(16(19)20-2)7-8-15(17-11)18-9-12-5-3-4-6-13(12)10-18/h7-8,12-13H,3-6,9-10H2,1-2H3. The number of fused-ring (bicyclic) bond motifs is 1. The Morgan fingerprint density at radius 3 is 2.45 bits per heavy atom. The van der Waals surface area contributed by atoms with Gasteiger partial charge in [-0.15, -0.1) is 0 Å². The summed E-state index contributed by atoms with van der Waals surface area (Å²) in [6.07, 6.45) is 5.48. The second-order valence-corrected chi connectivity index (χ2v) is 6.00. The molecule has 1 saturated carbocycles. The molecule has 1 aliphatic carbocycles. The Morgan fingerprint density at radius 1 is 1.25 bits per heavy atom. The van der Waals surface area contributed by atoms with Crippen LogP contribution in [-0.4, -0.2) is 31.2 Å². The number of nitrogens with zero attached hydrogens (tertiary/aromatic N) is 2. The van der Waals surface area contributed by atoms with Gasteiger partial charge in [-0.25, -0.2) is 9.78 Å². The Bertz CT molecular complexity index is 501. The van der Waals surface area contributed by atoms with E-state index in [2.05, 4.69) is 9.88 Å². The fourth-order valence-corrected chi connectivity index (χ4v) is 3.64. The molecule has 108 valence electrons. The van der Waals surface area contributed by atoms with Crippen molar-refractivity contribution in [2.45, 2.75) is 32.6 Å². The van der Waals surface area contributed by atoms with Crippen molar-refractivity contribution in [2.24, 2.45) is 11.8 Å². The van der Waals surface area contributed by atoms with E-state index >= 15 is 0 Å². The molecule has 4 nitrogen and oxygen atoms in total. The molecule has 0 aromatic carbocycles. The Labute approximate surface area is 120 Å². The largest absolute Gasteiger partial charge is 0.465 e. The number of hydrogen-bond acceptors (Lipinski definition) is 4. The molecule has 2 fully saturated rings. The van der Waals surface area contributed by atoms with Crippen LogP contribution in [0.3, 0.4) is 0 Å². The zero-order valence-electron chi connectivity index (χ0n) is 12.3. The number of rotatable bonds is 2. The summed E-state index contributed by atoms with van der Waals surface area (Å²) >= 11 is 0. The molecule has 3 rings (SSSR count). The van der Waals surface area contributed by atoms with Crippen molar-refractivity contribution < 1.29 is 9.53 Å². The molecular weight excluding hydrogens is 252 g/mol. The van der Waals surface area contributed by atoms with Gasteiger partial charge in [-0.05, 0) is 43.7 Å². The zero-order chi connectivity index (χ0) is 14.1. The van der Waals surface area contributed by atoms with Crippen LogP contribution in [0.4, 0.5) is 5.82 Å². The molecule has 0 spiro atoms. The van der Waals surface area contributed by atoms with Crippen LogP contribution in [0.2, 0.25) is 0 Å². The SMILES string of the molecule is COC(=O)c1ccc(N2CC3CCCCC3C2)nc1C. The lowest BCUT2D eigenvalue weighted by atomic mass is 9.82. The smallest absolute Gasteiger partial charge is 0.339 e. The van der Waals surface area contributed by atoms with Gasteiger partial charge in [0, 0.05) is 13.1 Å². The third-order valence-corrected chi connectivity index (χ3v) is 4.78. The predicted octanol–water partition coefficient (Wildman–Crippen LogP) is 2.80.